The minimum atomic E-state index is -0.842. The first-order chi connectivity index (χ1) is 27.5. The summed E-state index contributed by atoms with van der Waals surface area (Å²) in [6, 6.07) is 22.9. The number of amides is 6. The summed E-state index contributed by atoms with van der Waals surface area (Å²) in [5, 5.41) is 14.1. The van der Waals surface area contributed by atoms with Crippen LogP contribution in [0.2, 0.25) is 0 Å². The number of hydrogen-bond donors (Lipinski definition) is 4. The zero-order valence-corrected chi connectivity index (χ0v) is 34.2. The maximum Gasteiger partial charge on any atom is 0.318 e. The summed E-state index contributed by atoms with van der Waals surface area (Å²) in [7, 11) is 0. The number of benzene rings is 3. The molecule has 2 heterocycles. The fraction of sp³-hybridized carbons (Fsp3) is 0.500. The van der Waals surface area contributed by atoms with Gasteiger partial charge < -0.3 is 31.1 Å². The van der Waals surface area contributed by atoms with E-state index in [1.165, 1.54) is 6.92 Å². The van der Waals surface area contributed by atoms with E-state index in [0.29, 0.717) is 84.1 Å². The second-order valence-electron chi connectivity index (χ2n) is 15.3. The van der Waals surface area contributed by atoms with Gasteiger partial charge in [0.05, 0.1) is 11.2 Å². The Balaban J connectivity index is 1.18. The Morgan fingerprint density at radius 1 is 0.807 bits per heavy atom. The molecule has 2 fully saturated rings. The predicted octanol–water partition coefficient (Wildman–Crippen LogP) is 4.99. The molecule has 0 aliphatic carbocycles. The molecular formula is C44H58N6O6S. The highest BCUT2D eigenvalue weighted by Crippen LogP contribution is 2.35. The van der Waals surface area contributed by atoms with Gasteiger partial charge in [-0.05, 0) is 73.8 Å². The quantitative estimate of drug-likeness (QED) is 0.140. The van der Waals surface area contributed by atoms with Crippen LogP contribution in [0, 0.1) is 5.41 Å². The number of likely N-dealkylation sites (tertiary alicyclic amines) is 2. The molecule has 4 N–H and O–H groups in total. The van der Waals surface area contributed by atoms with Crippen molar-refractivity contribution in [2.24, 2.45) is 5.41 Å². The van der Waals surface area contributed by atoms with Crippen molar-refractivity contribution in [2.75, 3.05) is 45.0 Å². The lowest BCUT2D eigenvalue weighted by Gasteiger charge is -2.43. The molecule has 0 spiro atoms. The monoisotopic (exact) mass is 798 g/mol. The van der Waals surface area contributed by atoms with Crippen LogP contribution in [0.5, 0.6) is 0 Å². The third-order valence-electron chi connectivity index (χ3n) is 10.9. The molecular weight excluding hydrogens is 741 g/mol. The second kappa shape index (κ2) is 21.6. The van der Waals surface area contributed by atoms with Crippen molar-refractivity contribution >= 4 is 57.3 Å². The number of nitrogens with zero attached hydrogens (tertiary/aromatic N) is 2. The summed E-state index contributed by atoms with van der Waals surface area (Å²) in [5.41, 5.74) is 1.18. The Morgan fingerprint density at radius 3 is 2.28 bits per heavy atom. The number of thioether (sulfide) groups is 1. The number of carbonyl (C=O) groups excluding carboxylic acids is 6. The highest BCUT2D eigenvalue weighted by atomic mass is 32.2. The molecule has 0 bridgehead atoms. The fourth-order valence-corrected chi connectivity index (χ4v) is 8.32. The van der Waals surface area contributed by atoms with Gasteiger partial charge in [0, 0.05) is 65.1 Å². The van der Waals surface area contributed by atoms with E-state index >= 15 is 0 Å². The lowest BCUT2D eigenvalue weighted by Crippen LogP contribution is -2.59. The van der Waals surface area contributed by atoms with E-state index < -0.39 is 11.5 Å². The van der Waals surface area contributed by atoms with Crippen molar-refractivity contribution in [3.05, 3.63) is 83.9 Å². The number of hydrogen-bond acceptors (Lipinski definition) is 7. The summed E-state index contributed by atoms with van der Waals surface area (Å²) in [4.78, 5) is 81.1. The first-order valence-corrected chi connectivity index (χ1v) is 21.4. The largest absolute Gasteiger partial charge is 0.356 e. The Kier molecular flexibility index (Phi) is 16.4. The van der Waals surface area contributed by atoms with Crippen LogP contribution in [0.1, 0.15) is 76.3 Å². The number of piperidine rings is 2. The number of rotatable bonds is 17. The average molecular weight is 799 g/mol. The molecule has 2 aliphatic rings. The van der Waals surface area contributed by atoms with Crippen LogP contribution in [-0.4, -0.2) is 102 Å². The zero-order valence-electron chi connectivity index (χ0n) is 33.4. The summed E-state index contributed by atoms with van der Waals surface area (Å²) >= 11 is 0.985. The van der Waals surface area contributed by atoms with Gasteiger partial charge in [-0.3, -0.25) is 24.0 Å². The summed E-state index contributed by atoms with van der Waals surface area (Å²) in [6.45, 7) is 5.99. The van der Waals surface area contributed by atoms with Gasteiger partial charge in [0.15, 0.2) is 5.12 Å². The van der Waals surface area contributed by atoms with E-state index in [-0.39, 0.29) is 53.1 Å². The molecule has 57 heavy (non-hydrogen) atoms. The van der Waals surface area contributed by atoms with Gasteiger partial charge in [0.25, 0.3) is 0 Å². The van der Waals surface area contributed by atoms with E-state index in [1.807, 2.05) is 73.7 Å². The van der Waals surface area contributed by atoms with Gasteiger partial charge in [0.1, 0.15) is 6.04 Å². The Morgan fingerprint density at radius 2 is 1.54 bits per heavy atom. The van der Waals surface area contributed by atoms with Gasteiger partial charge in [-0.25, -0.2) is 4.79 Å². The van der Waals surface area contributed by atoms with Crippen LogP contribution in [0.25, 0.3) is 10.8 Å². The summed E-state index contributed by atoms with van der Waals surface area (Å²) < 4.78 is 0. The highest BCUT2D eigenvalue weighted by Gasteiger charge is 2.44. The lowest BCUT2D eigenvalue weighted by molar-refractivity contribution is -0.143. The minimum Gasteiger partial charge on any atom is -0.356 e. The molecule has 306 valence electrons. The number of fused-ring (bicyclic) bond motifs is 1. The molecule has 1 unspecified atom stereocenters. The van der Waals surface area contributed by atoms with Gasteiger partial charge in [-0.1, -0.05) is 91.0 Å². The lowest BCUT2D eigenvalue weighted by atomic mass is 9.74. The normalized spacial score (nSPS) is 17.7. The number of unbranched alkanes of at least 4 members (excludes halogenated alkanes) is 2. The molecule has 2 aliphatic heterocycles. The summed E-state index contributed by atoms with van der Waals surface area (Å²) in [5.74, 6) is -0.328. The van der Waals surface area contributed by atoms with Crippen molar-refractivity contribution in [3.63, 3.8) is 0 Å². The van der Waals surface area contributed by atoms with Crippen LogP contribution < -0.4 is 21.3 Å². The standard InChI is InChI=1S/C44H58N6O6S/c1-3-45-42(55)44(29-33-13-6-4-7-14-33)22-12-24-50(31-44)41(54)38(28-34-18-19-35-15-9-10-16-36(35)27-34)48-43(56)49-25-20-37(21-26-49)47-39(52)17-8-5-11-23-46-40(53)30-57-32(2)51/h4,6-7,9-10,13-16,18-19,27,37-38H,3,5,8,11-12,17,20-26,28-31H2,1-2H3,(H,45,55)(H,46,53)(H,47,52)(H,48,56)/t38?,44-/m0/s1. The van der Waals surface area contributed by atoms with Crippen molar-refractivity contribution in [2.45, 2.75) is 90.1 Å². The molecule has 2 saturated heterocycles. The van der Waals surface area contributed by atoms with Crippen LogP contribution in [0.15, 0.2) is 72.8 Å². The molecule has 2 atom stereocenters. The maximum atomic E-state index is 14.6. The highest BCUT2D eigenvalue weighted by molar-refractivity contribution is 8.14. The minimum absolute atomic E-state index is 0.0293. The van der Waals surface area contributed by atoms with Gasteiger partial charge in [-0.2, -0.15) is 0 Å². The maximum absolute atomic E-state index is 14.6. The number of urea groups is 1. The van der Waals surface area contributed by atoms with E-state index in [1.54, 1.807) is 9.80 Å². The zero-order chi connectivity index (χ0) is 40.6. The molecule has 3 aromatic rings. The van der Waals surface area contributed by atoms with Crippen LogP contribution in [0.3, 0.4) is 0 Å². The average Bonchev–Trinajstić information content (AvgIpc) is 3.21. The molecule has 3 aromatic carbocycles. The van der Waals surface area contributed by atoms with Crippen molar-refractivity contribution in [3.8, 4) is 0 Å². The Labute approximate surface area is 340 Å². The number of nitrogens with one attached hydrogen (secondary N) is 4. The summed E-state index contributed by atoms with van der Waals surface area (Å²) in [6.07, 6.45) is 5.99. The van der Waals surface area contributed by atoms with Crippen molar-refractivity contribution < 1.29 is 28.8 Å². The van der Waals surface area contributed by atoms with Gasteiger partial charge in [-0.15, -0.1) is 0 Å². The molecule has 13 heteroatoms. The molecule has 0 aromatic heterocycles. The first-order valence-electron chi connectivity index (χ1n) is 20.4. The smallest absolute Gasteiger partial charge is 0.318 e. The van der Waals surface area contributed by atoms with E-state index in [4.69, 9.17) is 0 Å². The SMILES string of the molecule is CCNC(=O)[C@]1(Cc2ccccc2)CCCN(C(=O)C(Cc2ccc3ccccc3c2)NC(=O)N2CCC(NC(=O)CCCCCNC(=O)CSC(C)=O)CC2)C1. The third kappa shape index (κ3) is 13.1. The Hall–Kier alpha value is -4.91. The molecule has 0 saturated carbocycles. The van der Waals surface area contributed by atoms with Crippen LogP contribution in [0.4, 0.5) is 4.79 Å². The van der Waals surface area contributed by atoms with Crippen LogP contribution >= 0.6 is 11.8 Å². The predicted molar refractivity (Wildman–Crippen MR) is 224 cm³/mol. The second-order valence-corrected chi connectivity index (χ2v) is 16.5. The fourth-order valence-electron chi connectivity index (χ4n) is 7.89. The van der Waals surface area contributed by atoms with Crippen LogP contribution in [-0.2, 0) is 36.8 Å². The number of carbonyl (C=O) groups is 6. The van der Waals surface area contributed by atoms with E-state index in [0.717, 1.165) is 46.5 Å². The van der Waals surface area contributed by atoms with Gasteiger partial charge >= 0.3 is 6.03 Å². The van der Waals surface area contributed by atoms with E-state index in [2.05, 4.69) is 27.3 Å². The molecule has 0 radical (unpaired) electrons. The molecule has 12 nitrogen and oxygen atoms in total. The van der Waals surface area contributed by atoms with Crippen molar-refractivity contribution in [1.82, 2.24) is 31.1 Å². The Bertz CT molecular complexity index is 1850. The first kappa shape index (κ1) is 43.2. The molecule has 6 amide bonds. The van der Waals surface area contributed by atoms with E-state index in [9.17, 15) is 28.8 Å². The third-order valence-corrected chi connectivity index (χ3v) is 11.7. The van der Waals surface area contributed by atoms with Gasteiger partial charge in [0.2, 0.25) is 23.6 Å². The van der Waals surface area contributed by atoms with Crippen molar-refractivity contribution in [1.29, 1.82) is 0 Å². The molecule has 5 rings (SSSR count). The topological polar surface area (TPSA) is 157 Å².